The Hall–Kier alpha value is -2.67. The van der Waals surface area contributed by atoms with Gasteiger partial charge in [-0.25, -0.2) is 4.98 Å². The lowest BCUT2D eigenvalue weighted by atomic mass is 9.86. The van der Waals surface area contributed by atoms with E-state index in [1.165, 1.54) is 0 Å². The number of carbonyl (C=O) groups is 1. The zero-order valence-corrected chi connectivity index (χ0v) is 12.0. The van der Waals surface area contributed by atoms with E-state index in [1.54, 1.807) is 17.2 Å². The summed E-state index contributed by atoms with van der Waals surface area (Å²) in [6.45, 7) is 4.24. The fraction of sp³-hybridized carbons (Fsp3) is 0.235. The van der Waals surface area contributed by atoms with Gasteiger partial charge >= 0.3 is 0 Å². The zero-order chi connectivity index (χ0) is 15.0. The molecule has 0 unspecified atom stereocenters. The number of nitrogens with zero attached hydrogens (tertiary/aromatic N) is 3. The van der Waals surface area contributed by atoms with Crippen LogP contribution in [-0.4, -0.2) is 10.9 Å². The van der Waals surface area contributed by atoms with Crippen molar-refractivity contribution in [3.05, 3.63) is 59.4 Å². The third kappa shape index (κ3) is 1.98. The van der Waals surface area contributed by atoms with E-state index < -0.39 is 5.41 Å². The molecule has 0 fully saturated rings. The van der Waals surface area contributed by atoms with Crippen LogP contribution in [-0.2, 0) is 16.8 Å². The van der Waals surface area contributed by atoms with Crippen molar-refractivity contribution >= 4 is 11.6 Å². The van der Waals surface area contributed by atoms with Gasteiger partial charge in [0.05, 0.1) is 12.0 Å². The molecular formula is C17H15N3O. The molecule has 0 saturated heterocycles. The minimum absolute atomic E-state index is 0.0523. The number of carbonyl (C=O) groups excluding carboxylic acids is 1. The third-order valence-corrected chi connectivity index (χ3v) is 3.97. The van der Waals surface area contributed by atoms with Crippen LogP contribution in [0.15, 0.2) is 42.6 Å². The summed E-state index contributed by atoms with van der Waals surface area (Å²) in [5.41, 5.74) is 2.54. The van der Waals surface area contributed by atoms with Gasteiger partial charge in [0.1, 0.15) is 11.8 Å². The number of benzene rings is 1. The number of aromatic nitrogens is 1. The van der Waals surface area contributed by atoms with Crippen molar-refractivity contribution in [2.75, 3.05) is 4.90 Å². The first-order valence-corrected chi connectivity index (χ1v) is 6.81. The maximum atomic E-state index is 12.7. The average Bonchev–Trinajstić information content (AvgIpc) is 2.69. The maximum Gasteiger partial charge on any atom is 0.237 e. The number of amides is 1. The third-order valence-electron chi connectivity index (χ3n) is 3.97. The van der Waals surface area contributed by atoms with Gasteiger partial charge < -0.3 is 4.90 Å². The van der Waals surface area contributed by atoms with Gasteiger partial charge in [-0.15, -0.1) is 0 Å². The maximum absolute atomic E-state index is 12.7. The lowest BCUT2D eigenvalue weighted by molar-refractivity contribution is -0.122. The highest BCUT2D eigenvalue weighted by Gasteiger charge is 2.43. The van der Waals surface area contributed by atoms with Crippen molar-refractivity contribution < 1.29 is 4.79 Å². The van der Waals surface area contributed by atoms with Crippen molar-refractivity contribution in [3.8, 4) is 6.07 Å². The largest absolute Gasteiger partial charge is 0.307 e. The molecule has 1 amide bonds. The predicted molar refractivity (Wildman–Crippen MR) is 79.6 cm³/mol. The molecule has 21 heavy (non-hydrogen) atoms. The molecule has 0 radical (unpaired) electrons. The van der Waals surface area contributed by atoms with Crippen molar-refractivity contribution in [2.45, 2.75) is 25.8 Å². The Morgan fingerprint density at radius 1 is 1.24 bits per heavy atom. The number of hydrogen-bond donors (Lipinski definition) is 0. The second-order valence-corrected chi connectivity index (χ2v) is 5.66. The summed E-state index contributed by atoms with van der Waals surface area (Å²) >= 11 is 0. The summed E-state index contributed by atoms with van der Waals surface area (Å²) < 4.78 is 0. The Labute approximate surface area is 123 Å². The minimum Gasteiger partial charge on any atom is -0.307 e. The molecule has 0 saturated carbocycles. The smallest absolute Gasteiger partial charge is 0.237 e. The first-order valence-electron chi connectivity index (χ1n) is 6.81. The van der Waals surface area contributed by atoms with Crippen LogP contribution in [0.4, 0.5) is 5.69 Å². The summed E-state index contributed by atoms with van der Waals surface area (Å²) in [4.78, 5) is 18.5. The van der Waals surface area contributed by atoms with Crippen LogP contribution in [0.2, 0.25) is 0 Å². The van der Waals surface area contributed by atoms with Gasteiger partial charge in [0.25, 0.3) is 0 Å². The number of rotatable bonds is 2. The molecule has 2 heterocycles. The molecule has 2 aromatic rings. The number of nitriles is 1. The number of hydrogen-bond acceptors (Lipinski definition) is 3. The van der Waals surface area contributed by atoms with Gasteiger partial charge in [0.15, 0.2) is 0 Å². The number of para-hydroxylation sites is 1. The lowest BCUT2D eigenvalue weighted by Crippen LogP contribution is -2.35. The van der Waals surface area contributed by atoms with Crippen molar-refractivity contribution in [3.63, 3.8) is 0 Å². The fourth-order valence-electron chi connectivity index (χ4n) is 2.79. The van der Waals surface area contributed by atoms with E-state index in [1.807, 2.05) is 44.2 Å². The Balaban J connectivity index is 2.05. The van der Waals surface area contributed by atoms with Crippen LogP contribution < -0.4 is 4.90 Å². The Morgan fingerprint density at radius 3 is 2.76 bits per heavy atom. The average molecular weight is 277 g/mol. The highest BCUT2D eigenvalue weighted by molar-refractivity contribution is 6.07. The lowest BCUT2D eigenvalue weighted by Gasteiger charge is -2.20. The van der Waals surface area contributed by atoms with E-state index >= 15 is 0 Å². The predicted octanol–water partition coefficient (Wildman–Crippen LogP) is 2.78. The first-order chi connectivity index (χ1) is 10.1. The molecule has 4 nitrogen and oxygen atoms in total. The summed E-state index contributed by atoms with van der Waals surface area (Å²) in [5.74, 6) is 0.0523. The molecule has 0 spiro atoms. The fourth-order valence-corrected chi connectivity index (χ4v) is 2.79. The summed E-state index contributed by atoms with van der Waals surface area (Å²) in [6.07, 6.45) is 1.59. The SMILES string of the molecule is CC1(C)C(=O)N(Cc2cccnc2C#N)c2ccccc21. The van der Waals surface area contributed by atoms with Crippen molar-refractivity contribution in [1.82, 2.24) is 4.98 Å². The highest BCUT2D eigenvalue weighted by Crippen LogP contribution is 2.41. The molecule has 3 rings (SSSR count). The van der Waals surface area contributed by atoms with Crippen LogP contribution >= 0.6 is 0 Å². The highest BCUT2D eigenvalue weighted by atomic mass is 16.2. The van der Waals surface area contributed by atoms with Gasteiger partial charge in [-0.1, -0.05) is 24.3 Å². The topological polar surface area (TPSA) is 57.0 Å². The molecular weight excluding hydrogens is 262 g/mol. The molecule has 0 bridgehead atoms. The van der Waals surface area contributed by atoms with Gasteiger partial charge in [-0.05, 0) is 31.5 Å². The minimum atomic E-state index is -0.536. The van der Waals surface area contributed by atoms with Gasteiger partial charge in [-0.3, -0.25) is 4.79 Å². The van der Waals surface area contributed by atoms with Gasteiger partial charge in [0.2, 0.25) is 5.91 Å². The summed E-state index contributed by atoms with van der Waals surface area (Å²) in [6, 6.07) is 13.5. The van der Waals surface area contributed by atoms with Crippen LogP contribution in [0, 0.1) is 11.3 Å². The molecule has 1 aromatic carbocycles. The van der Waals surface area contributed by atoms with E-state index in [4.69, 9.17) is 5.26 Å². The van der Waals surface area contributed by atoms with E-state index in [9.17, 15) is 4.79 Å². The van der Waals surface area contributed by atoms with Crippen LogP contribution in [0.3, 0.4) is 0 Å². The molecule has 0 aliphatic carbocycles. The van der Waals surface area contributed by atoms with E-state index in [-0.39, 0.29) is 5.91 Å². The number of anilines is 1. The monoisotopic (exact) mass is 277 g/mol. The quantitative estimate of drug-likeness (QED) is 0.848. The first kappa shape index (κ1) is 13.3. The van der Waals surface area contributed by atoms with Crippen molar-refractivity contribution in [1.29, 1.82) is 5.26 Å². The van der Waals surface area contributed by atoms with E-state index in [0.29, 0.717) is 12.2 Å². The van der Waals surface area contributed by atoms with Crippen LogP contribution in [0.5, 0.6) is 0 Å². The van der Waals surface area contributed by atoms with E-state index in [2.05, 4.69) is 11.1 Å². The Morgan fingerprint density at radius 2 is 2.00 bits per heavy atom. The zero-order valence-electron chi connectivity index (χ0n) is 12.0. The molecule has 1 aromatic heterocycles. The molecule has 104 valence electrons. The molecule has 0 atom stereocenters. The molecule has 1 aliphatic rings. The second kappa shape index (κ2) is 4.71. The summed E-state index contributed by atoms with van der Waals surface area (Å²) in [7, 11) is 0. The molecule has 1 aliphatic heterocycles. The van der Waals surface area contributed by atoms with Crippen LogP contribution in [0.25, 0.3) is 0 Å². The second-order valence-electron chi connectivity index (χ2n) is 5.66. The Kier molecular flexibility index (Phi) is 2.99. The van der Waals surface area contributed by atoms with Crippen LogP contribution in [0.1, 0.15) is 30.7 Å². The standard InChI is InChI=1S/C17H15N3O/c1-17(2)13-7-3-4-8-15(13)20(16(17)21)11-12-6-5-9-19-14(12)10-18/h3-9H,11H2,1-2H3. The number of fused-ring (bicyclic) bond motifs is 1. The molecule has 0 N–H and O–H groups in total. The van der Waals surface area contributed by atoms with Gasteiger partial charge in [-0.2, -0.15) is 5.26 Å². The number of pyridine rings is 1. The summed E-state index contributed by atoms with van der Waals surface area (Å²) in [5, 5.41) is 9.14. The normalized spacial score (nSPS) is 15.7. The Bertz CT molecular complexity index is 759. The van der Waals surface area contributed by atoms with E-state index in [0.717, 1.165) is 16.8 Å². The molecule has 4 heteroatoms. The van der Waals surface area contributed by atoms with Gasteiger partial charge in [0, 0.05) is 17.4 Å². The van der Waals surface area contributed by atoms with Crippen molar-refractivity contribution in [2.24, 2.45) is 0 Å².